The lowest BCUT2D eigenvalue weighted by atomic mass is 10.1. The van der Waals surface area contributed by atoms with Crippen LogP contribution in [0.4, 0.5) is 18.9 Å². The number of rotatable bonds is 4. The summed E-state index contributed by atoms with van der Waals surface area (Å²) in [4.78, 5) is 24.3. The topological polar surface area (TPSA) is 61.8 Å². The van der Waals surface area contributed by atoms with Gasteiger partial charge < -0.3 is 5.32 Å². The molecule has 3 rings (SSSR count). The van der Waals surface area contributed by atoms with E-state index in [0.29, 0.717) is 5.56 Å². The van der Waals surface area contributed by atoms with Crippen molar-refractivity contribution in [3.05, 3.63) is 65.5 Å². The number of anilines is 1. The van der Waals surface area contributed by atoms with Crippen molar-refractivity contribution in [1.29, 1.82) is 0 Å². The Morgan fingerprint density at radius 1 is 1.08 bits per heavy atom. The lowest BCUT2D eigenvalue weighted by Crippen LogP contribution is -2.36. The number of hydrazone groups is 1. The fourth-order valence-electron chi connectivity index (χ4n) is 2.45. The fourth-order valence-corrected chi connectivity index (χ4v) is 2.45. The summed E-state index contributed by atoms with van der Waals surface area (Å²) in [6.07, 6.45) is 0.139. The SMILES string of the molecule is O=C(Nc1cccc(F)c1F)C1=NN(Cc2ccc(F)cc2)C(=O)CC1. The number of hydrogen-bond acceptors (Lipinski definition) is 3. The van der Waals surface area contributed by atoms with E-state index in [9.17, 15) is 22.8 Å². The Kier molecular flexibility index (Phi) is 5.01. The highest BCUT2D eigenvalue weighted by Crippen LogP contribution is 2.18. The van der Waals surface area contributed by atoms with Gasteiger partial charge in [-0.3, -0.25) is 9.59 Å². The number of hydrogen-bond donors (Lipinski definition) is 1. The molecule has 0 bridgehead atoms. The van der Waals surface area contributed by atoms with Crippen molar-refractivity contribution in [2.24, 2.45) is 5.10 Å². The summed E-state index contributed by atoms with van der Waals surface area (Å²) in [6.45, 7) is 0.0736. The zero-order chi connectivity index (χ0) is 18.7. The van der Waals surface area contributed by atoms with Gasteiger partial charge in [0.05, 0.1) is 12.2 Å². The summed E-state index contributed by atoms with van der Waals surface area (Å²) in [7, 11) is 0. The molecule has 0 radical (unpaired) electrons. The van der Waals surface area contributed by atoms with Crippen LogP contribution in [0.25, 0.3) is 0 Å². The highest BCUT2D eigenvalue weighted by atomic mass is 19.2. The summed E-state index contributed by atoms with van der Waals surface area (Å²) in [6, 6.07) is 8.96. The molecule has 1 N–H and O–H groups in total. The van der Waals surface area contributed by atoms with Crippen LogP contribution in [-0.4, -0.2) is 22.5 Å². The first kappa shape index (κ1) is 17.7. The molecule has 0 aromatic heterocycles. The van der Waals surface area contributed by atoms with Crippen LogP contribution in [0.3, 0.4) is 0 Å². The second kappa shape index (κ2) is 7.38. The molecule has 1 aliphatic heterocycles. The molecule has 8 heteroatoms. The maximum atomic E-state index is 13.7. The predicted molar refractivity (Wildman–Crippen MR) is 88.6 cm³/mol. The highest BCUT2D eigenvalue weighted by Gasteiger charge is 2.25. The molecule has 2 aromatic rings. The van der Waals surface area contributed by atoms with Crippen LogP contribution in [0.1, 0.15) is 18.4 Å². The average molecular weight is 361 g/mol. The van der Waals surface area contributed by atoms with Gasteiger partial charge in [-0.25, -0.2) is 18.2 Å². The molecule has 2 aromatic carbocycles. The predicted octanol–water partition coefficient (Wildman–Crippen LogP) is 3.22. The van der Waals surface area contributed by atoms with Crippen molar-refractivity contribution in [3.63, 3.8) is 0 Å². The molecule has 0 atom stereocenters. The van der Waals surface area contributed by atoms with Crippen LogP contribution in [0.15, 0.2) is 47.6 Å². The van der Waals surface area contributed by atoms with Crippen LogP contribution in [0, 0.1) is 17.5 Å². The minimum atomic E-state index is -1.17. The third-order valence-corrected chi connectivity index (χ3v) is 3.81. The van der Waals surface area contributed by atoms with Gasteiger partial charge in [-0.1, -0.05) is 18.2 Å². The van der Waals surface area contributed by atoms with Crippen molar-refractivity contribution in [3.8, 4) is 0 Å². The normalized spacial score (nSPS) is 14.2. The maximum absolute atomic E-state index is 13.7. The largest absolute Gasteiger partial charge is 0.318 e. The van der Waals surface area contributed by atoms with E-state index in [-0.39, 0.29) is 36.7 Å². The molecule has 0 fully saturated rings. The van der Waals surface area contributed by atoms with Gasteiger partial charge in [-0.2, -0.15) is 5.10 Å². The van der Waals surface area contributed by atoms with E-state index < -0.39 is 23.4 Å². The molecule has 0 saturated carbocycles. The minimum absolute atomic E-state index is 0.0235. The van der Waals surface area contributed by atoms with E-state index >= 15 is 0 Å². The van der Waals surface area contributed by atoms with Gasteiger partial charge in [-0.15, -0.1) is 0 Å². The third kappa shape index (κ3) is 3.90. The number of carbonyl (C=O) groups is 2. The molecule has 134 valence electrons. The Bertz CT molecular complexity index is 882. The van der Waals surface area contributed by atoms with Crippen LogP contribution < -0.4 is 5.32 Å². The Balaban J connectivity index is 1.76. The van der Waals surface area contributed by atoms with Crippen LogP contribution in [-0.2, 0) is 16.1 Å². The van der Waals surface area contributed by atoms with Crippen molar-refractivity contribution in [2.45, 2.75) is 19.4 Å². The Labute approximate surface area is 147 Å². The summed E-state index contributed by atoms with van der Waals surface area (Å²) in [5, 5.41) is 7.37. The molecule has 0 aliphatic carbocycles. The second-order valence-electron chi connectivity index (χ2n) is 5.68. The molecule has 5 nitrogen and oxygen atoms in total. The van der Waals surface area contributed by atoms with Gasteiger partial charge in [0.2, 0.25) is 5.91 Å². The van der Waals surface area contributed by atoms with E-state index in [4.69, 9.17) is 0 Å². The number of halogens is 3. The fraction of sp³-hybridized carbons (Fsp3) is 0.167. The second-order valence-corrected chi connectivity index (χ2v) is 5.68. The van der Waals surface area contributed by atoms with Gasteiger partial charge in [0.1, 0.15) is 11.5 Å². The third-order valence-electron chi connectivity index (χ3n) is 3.81. The van der Waals surface area contributed by atoms with Crippen LogP contribution in [0.5, 0.6) is 0 Å². The summed E-state index contributed by atoms with van der Waals surface area (Å²) in [5.41, 5.74) is 0.358. The number of nitrogens with zero attached hydrogens (tertiary/aromatic N) is 2. The lowest BCUT2D eigenvalue weighted by molar-refractivity contribution is -0.132. The molecule has 26 heavy (non-hydrogen) atoms. The standard InChI is InChI=1S/C18H14F3N3O2/c19-12-6-4-11(5-7-12)10-24-16(25)9-8-15(23-24)18(26)22-14-3-1-2-13(20)17(14)21/h1-7H,8-10H2,(H,22,26). The van der Waals surface area contributed by atoms with Crippen LogP contribution in [0.2, 0.25) is 0 Å². The van der Waals surface area contributed by atoms with Crippen molar-refractivity contribution in [2.75, 3.05) is 5.32 Å². The summed E-state index contributed by atoms with van der Waals surface area (Å²) in [5.74, 6) is -3.66. The number of nitrogens with one attached hydrogen (secondary N) is 1. The first-order valence-corrected chi connectivity index (χ1v) is 7.81. The van der Waals surface area contributed by atoms with Gasteiger partial charge >= 0.3 is 0 Å². The molecule has 2 amide bonds. The first-order valence-electron chi connectivity index (χ1n) is 7.81. The van der Waals surface area contributed by atoms with Gasteiger partial charge in [-0.05, 0) is 29.8 Å². The summed E-state index contributed by atoms with van der Waals surface area (Å²) < 4.78 is 39.8. The van der Waals surface area contributed by atoms with E-state index in [1.807, 2.05) is 0 Å². The quantitative estimate of drug-likeness (QED) is 0.909. The Hall–Kier alpha value is -3.16. The number of carbonyl (C=O) groups excluding carboxylic acids is 2. The minimum Gasteiger partial charge on any atom is -0.318 e. The summed E-state index contributed by atoms with van der Waals surface area (Å²) >= 11 is 0. The van der Waals surface area contributed by atoms with E-state index in [1.165, 1.54) is 36.4 Å². The molecule has 1 aliphatic rings. The Morgan fingerprint density at radius 2 is 1.81 bits per heavy atom. The zero-order valence-electron chi connectivity index (χ0n) is 13.5. The molecule has 0 spiro atoms. The van der Waals surface area contributed by atoms with Crippen molar-refractivity contribution >= 4 is 23.2 Å². The number of amides is 2. The van der Waals surface area contributed by atoms with Crippen molar-refractivity contribution < 1.29 is 22.8 Å². The Morgan fingerprint density at radius 3 is 2.54 bits per heavy atom. The van der Waals surface area contributed by atoms with Crippen molar-refractivity contribution in [1.82, 2.24) is 5.01 Å². The van der Waals surface area contributed by atoms with E-state index in [1.54, 1.807) is 0 Å². The van der Waals surface area contributed by atoms with Gasteiger partial charge in [0.15, 0.2) is 11.6 Å². The monoisotopic (exact) mass is 361 g/mol. The van der Waals surface area contributed by atoms with E-state index in [0.717, 1.165) is 11.1 Å². The highest BCUT2D eigenvalue weighted by molar-refractivity contribution is 6.43. The average Bonchev–Trinajstić information content (AvgIpc) is 2.62. The zero-order valence-corrected chi connectivity index (χ0v) is 13.5. The molecule has 0 unspecified atom stereocenters. The first-order chi connectivity index (χ1) is 12.4. The smallest absolute Gasteiger partial charge is 0.271 e. The number of benzene rings is 2. The van der Waals surface area contributed by atoms with Crippen LogP contribution >= 0.6 is 0 Å². The molecule has 0 saturated heterocycles. The lowest BCUT2D eigenvalue weighted by Gasteiger charge is -2.23. The van der Waals surface area contributed by atoms with Gasteiger partial charge in [0, 0.05) is 12.8 Å². The van der Waals surface area contributed by atoms with E-state index in [2.05, 4.69) is 10.4 Å². The van der Waals surface area contributed by atoms with Gasteiger partial charge in [0.25, 0.3) is 5.91 Å². The maximum Gasteiger partial charge on any atom is 0.271 e. The molecular weight excluding hydrogens is 347 g/mol. The molecule has 1 heterocycles. The molecular formula is C18H14F3N3O2.